The van der Waals surface area contributed by atoms with Crippen LogP contribution in [0.3, 0.4) is 0 Å². The summed E-state index contributed by atoms with van der Waals surface area (Å²) >= 11 is 1.44. The Bertz CT molecular complexity index is 1870. The highest BCUT2D eigenvalue weighted by molar-refractivity contribution is 7.21. The maximum absolute atomic E-state index is 12.1. The van der Waals surface area contributed by atoms with E-state index >= 15 is 0 Å². The normalized spacial score (nSPS) is 11.7. The number of hydrogen-bond donors (Lipinski definition) is 3. The van der Waals surface area contributed by atoms with E-state index in [0.717, 1.165) is 10.2 Å². The number of para-hydroxylation sites is 1. The van der Waals surface area contributed by atoms with Crippen molar-refractivity contribution in [3.63, 3.8) is 0 Å². The SMILES string of the molecule is COC(=O)c1ccc2c(N=Nc3ccc4[nH]c(=O)[nH]c4c3)c(O)c(-c3nc4ccccc4s3)cc2c1. The van der Waals surface area contributed by atoms with E-state index in [-0.39, 0.29) is 17.1 Å². The van der Waals surface area contributed by atoms with Crippen molar-refractivity contribution in [3.8, 4) is 16.3 Å². The number of hydrogen-bond acceptors (Lipinski definition) is 8. The predicted octanol–water partition coefficient (Wildman–Crippen LogP) is 6.19. The molecule has 0 spiro atoms. The maximum Gasteiger partial charge on any atom is 0.337 e. The topological polar surface area (TPSA) is 133 Å². The summed E-state index contributed by atoms with van der Waals surface area (Å²) in [7, 11) is 1.32. The van der Waals surface area contributed by atoms with Gasteiger partial charge >= 0.3 is 11.7 Å². The van der Waals surface area contributed by atoms with Crippen LogP contribution in [0, 0.1) is 0 Å². The van der Waals surface area contributed by atoms with E-state index in [0.29, 0.717) is 43.6 Å². The van der Waals surface area contributed by atoms with Crippen LogP contribution < -0.4 is 5.69 Å². The van der Waals surface area contributed by atoms with Gasteiger partial charge in [-0.1, -0.05) is 18.2 Å². The lowest BCUT2D eigenvalue weighted by Gasteiger charge is -2.10. The molecule has 0 aliphatic heterocycles. The Morgan fingerprint density at radius 1 is 1.00 bits per heavy atom. The number of carbonyl (C=O) groups is 1. The molecule has 6 rings (SSSR count). The van der Waals surface area contributed by atoms with Crippen molar-refractivity contribution in [1.82, 2.24) is 15.0 Å². The molecule has 0 saturated heterocycles. The molecule has 0 aliphatic carbocycles. The average molecular weight is 496 g/mol. The molecule has 0 fully saturated rings. The van der Waals surface area contributed by atoms with Crippen LogP contribution >= 0.6 is 11.3 Å². The van der Waals surface area contributed by atoms with Crippen LogP contribution in [0.5, 0.6) is 5.75 Å². The van der Waals surface area contributed by atoms with Crippen LogP contribution in [0.15, 0.2) is 81.8 Å². The number of aromatic amines is 2. The number of aromatic nitrogens is 3. The van der Waals surface area contributed by atoms with Crippen LogP contribution in [-0.4, -0.2) is 33.1 Å². The summed E-state index contributed by atoms with van der Waals surface area (Å²) in [5.74, 6) is -0.546. The number of benzene rings is 4. The Kier molecular flexibility index (Phi) is 5.08. The first-order valence-corrected chi connectivity index (χ1v) is 11.7. The molecule has 0 aliphatic rings. The predicted molar refractivity (Wildman–Crippen MR) is 139 cm³/mol. The first-order chi connectivity index (χ1) is 17.5. The summed E-state index contributed by atoms with van der Waals surface area (Å²) in [4.78, 5) is 33.8. The molecule has 0 saturated carbocycles. The first-order valence-electron chi connectivity index (χ1n) is 10.9. The van der Waals surface area contributed by atoms with Gasteiger partial charge < -0.3 is 19.8 Å². The molecule has 0 unspecified atom stereocenters. The van der Waals surface area contributed by atoms with Gasteiger partial charge in [0.25, 0.3) is 0 Å². The summed E-state index contributed by atoms with van der Waals surface area (Å²) in [6, 6.07) is 19.6. The summed E-state index contributed by atoms with van der Waals surface area (Å²) < 4.78 is 5.85. The Balaban J connectivity index is 1.55. The standard InChI is InChI=1S/C26H17N5O4S/c1-35-25(33)13-6-8-16-14(10-13)11-17(24-27-19-4-2-3-5-21(19)36-24)23(32)22(16)31-30-15-7-9-18-20(12-15)29-26(34)28-18/h2-12,32H,1H3,(H2,28,29,34). The lowest BCUT2D eigenvalue weighted by atomic mass is 10.0. The number of H-pyrrole nitrogens is 2. The summed E-state index contributed by atoms with van der Waals surface area (Å²) in [6.07, 6.45) is 0. The van der Waals surface area contributed by atoms with Crippen LogP contribution in [-0.2, 0) is 4.74 Å². The van der Waals surface area contributed by atoms with Crippen molar-refractivity contribution in [3.05, 3.63) is 82.8 Å². The highest BCUT2D eigenvalue weighted by Crippen LogP contribution is 2.45. The quantitative estimate of drug-likeness (QED) is 0.198. The molecule has 9 nitrogen and oxygen atoms in total. The number of phenols is 1. The fraction of sp³-hybridized carbons (Fsp3) is 0.0385. The number of ether oxygens (including phenoxy) is 1. The molecule has 0 bridgehead atoms. The molecule has 0 amide bonds. The van der Waals surface area contributed by atoms with Crippen molar-refractivity contribution in [2.45, 2.75) is 0 Å². The second-order valence-electron chi connectivity index (χ2n) is 8.04. The molecule has 36 heavy (non-hydrogen) atoms. The van der Waals surface area contributed by atoms with Gasteiger partial charge in [0.05, 0.1) is 45.2 Å². The fourth-order valence-corrected chi connectivity index (χ4v) is 5.05. The van der Waals surface area contributed by atoms with E-state index in [4.69, 9.17) is 4.74 Å². The van der Waals surface area contributed by atoms with Crippen molar-refractivity contribution in [2.75, 3.05) is 7.11 Å². The largest absolute Gasteiger partial charge is 0.505 e. The number of esters is 1. The highest BCUT2D eigenvalue weighted by atomic mass is 32.1. The molecule has 4 aromatic carbocycles. The third-order valence-corrected chi connectivity index (χ3v) is 6.87. The van der Waals surface area contributed by atoms with Gasteiger partial charge in [-0.15, -0.1) is 16.5 Å². The minimum atomic E-state index is -0.469. The zero-order chi connectivity index (χ0) is 24.8. The van der Waals surface area contributed by atoms with Gasteiger partial charge in [-0.2, -0.15) is 5.11 Å². The lowest BCUT2D eigenvalue weighted by Crippen LogP contribution is -2.00. The zero-order valence-corrected chi connectivity index (χ0v) is 19.6. The average Bonchev–Trinajstić information content (AvgIpc) is 3.49. The molecule has 0 radical (unpaired) electrons. The van der Waals surface area contributed by atoms with E-state index in [2.05, 4.69) is 25.2 Å². The van der Waals surface area contributed by atoms with Gasteiger partial charge in [-0.25, -0.2) is 14.6 Å². The number of carbonyl (C=O) groups excluding carboxylic acids is 1. The molecular formula is C26H17N5O4S. The van der Waals surface area contributed by atoms with Crippen molar-refractivity contribution in [1.29, 1.82) is 0 Å². The second-order valence-corrected chi connectivity index (χ2v) is 9.08. The van der Waals surface area contributed by atoms with Crippen LogP contribution in [0.4, 0.5) is 11.4 Å². The van der Waals surface area contributed by atoms with E-state index < -0.39 is 5.97 Å². The van der Waals surface area contributed by atoms with Crippen LogP contribution in [0.1, 0.15) is 10.4 Å². The molecule has 2 heterocycles. The van der Waals surface area contributed by atoms with Gasteiger partial charge in [0.2, 0.25) is 0 Å². The Morgan fingerprint density at radius 3 is 2.67 bits per heavy atom. The third kappa shape index (κ3) is 3.69. The van der Waals surface area contributed by atoms with Gasteiger partial charge in [0.15, 0.2) is 5.75 Å². The Labute approximate surface area is 206 Å². The van der Waals surface area contributed by atoms with Gasteiger partial charge in [-0.05, 0) is 53.9 Å². The number of rotatable bonds is 4. The molecule has 176 valence electrons. The van der Waals surface area contributed by atoms with E-state index in [1.807, 2.05) is 24.3 Å². The maximum atomic E-state index is 12.1. The molecule has 6 aromatic rings. The zero-order valence-electron chi connectivity index (χ0n) is 18.8. The monoisotopic (exact) mass is 495 g/mol. The minimum absolute atomic E-state index is 0.0766. The summed E-state index contributed by atoms with van der Waals surface area (Å²) in [5, 5.41) is 21.9. The minimum Gasteiger partial charge on any atom is -0.505 e. The number of imidazole rings is 1. The highest BCUT2D eigenvalue weighted by Gasteiger charge is 2.19. The number of phenolic OH excluding ortho intramolecular Hbond substituents is 1. The van der Waals surface area contributed by atoms with E-state index in [9.17, 15) is 14.7 Å². The molecular weight excluding hydrogens is 478 g/mol. The molecule has 2 aromatic heterocycles. The molecule has 10 heteroatoms. The summed E-state index contributed by atoms with van der Waals surface area (Å²) in [5.41, 5.74) is 3.32. The number of thiazole rings is 1. The van der Waals surface area contributed by atoms with Crippen molar-refractivity contribution < 1.29 is 14.6 Å². The Hall–Kier alpha value is -4.83. The smallest absolute Gasteiger partial charge is 0.337 e. The number of fused-ring (bicyclic) bond motifs is 3. The Morgan fingerprint density at radius 2 is 1.83 bits per heavy atom. The fourth-order valence-electron chi connectivity index (χ4n) is 4.06. The van der Waals surface area contributed by atoms with Crippen LogP contribution in [0.2, 0.25) is 0 Å². The second kappa shape index (κ2) is 8.43. The van der Waals surface area contributed by atoms with Gasteiger partial charge in [0.1, 0.15) is 10.7 Å². The molecule has 0 atom stereocenters. The van der Waals surface area contributed by atoms with Crippen molar-refractivity contribution in [2.24, 2.45) is 10.2 Å². The summed E-state index contributed by atoms with van der Waals surface area (Å²) in [6.45, 7) is 0. The molecule has 3 N–H and O–H groups in total. The lowest BCUT2D eigenvalue weighted by molar-refractivity contribution is 0.0601. The number of aromatic hydroxyl groups is 1. The van der Waals surface area contributed by atoms with Crippen LogP contribution in [0.25, 0.3) is 42.6 Å². The first kappa shape index (κ1) is 21.7. The number of azo groups is 1. The van der Waals surface area contributed by atoms with Gasteiger partial charge in [0, 0.05) is 5.39 Å². The van der Waals surface area contributed by atoms with E-state index in [1.54, 1.807) is 42.5 Å². The number of methoxy groups -OCH3 is 1. The number of nitrogens with zero attached hydrogens (tertiary/aromatic N) is 3. The number of nitrogens with one attached hydrogen (secondary N) is 2. The van der Waals surface area contributed by atoms with Crippen molar-refractivity contribution >= 4 is 60.7 Å². The third-order valence-electron chi connectivity index (χ3n) is 5.80. The van der Waals surface area contributed by atoms with Gasteiger partial charge in [-0.3, -0.25) is 0 Å². The van der Waals surface area contributed by atoms with E-state index in [1.165, 1.54) is 18.4 Å².